The van der Waals surface area contributed by atoms with E-state index < -0.39 is 6.10 Å². The summed E-state index contributed by atoms with van der Waals surface area (Å²) in [7, 11) is 1.40. The Hall–Kier alpha value is -1.39. The predicted molar refractivity (Wildman–Crippen MR) is 72.9 cm³/mol. The van der Waals surface area contributed by atoms with Crippen molar-refractivity contribution in [3.8, 4) is 0 Å². The van der Waals surface area contributed by atoms with Crippen LogP contribution in [0.3, 0.4) is 0 Å². The van der Waals surface area contributed by atoms with E-state index in [2.05, 4.69) is 36.1 Å². The van der Waals surface area contributed by atoms with Gasteiger partial charge in [-0.05, 0) is 17.5 Å². The van der Waals surface area contributed by atoms with Crippen LogP contribution < -0.4 is 0 Å². The highest BCUT2D eigenvalue weighted by Crippen LogP contribution is 2.12. The predicted octanol–water partition coefficient (Wildman–Crippen LogP) is 1.62. The van der Waals surface area contributed by atoms with Crippen molar-refractivity contribution in [2.45, 2.75) is 26.0 Å². The summed E-state index contributed by atoms with van der Waals surface area (Å²) in [4.78, 5) is 13.7. The highest BCUT2D eigenvalue weighted by Gasteiger charge is 2.27. The van der Waals surface area contributed by atoms with Crippen molar-refractivity contribution in [3.63, 3.8) is 0 Å². The first-order valence-corrected chi connectivity index (χ1v) is 6.72. The van der Waals surface area contributed by atoms with Gasteiger partial charge in [0, 0.05) is 19.6 Å². The fourth-order valence-corrected chi connectivity index (χ4v) is 2.26. The molecule has 0 radical (unpaired) electrons. The molecule has 1 heterocycles. The number of ether oxygens (including phenoxy) is 2. The zero-order chi connectivity index (χ0) is 13.7. The molecule has 4 nitrogen and oxygen atoms in total. The Morgan fingerprint density at radius 2 is 2.05 bits per heavy atom. The fraction of sp³-hybridized carbons (Fsp3) is 0.533. The van der Waals surface area contributed by atoms with Crippen molar-refractivity contribution in [3.05, 3.63) is 35.4 Å². The van der Waals surface area contributed by atoms with E-state index in [1.54, 1.807) is 0 Å². The van der Waals surface area contributed by atoms with Crippen molar-refractivity contribution in [1.29, 1.82) is 0 Å². The molecule has 0 N–H and O–H groups in total. The first-order chi connectivity index (χ1) is 9.22. The maximum absolute atomic E-state index is 11.5. The Morgan fingerprint density at radius 3 is 2.68 bits per heavy atom. The number of methoxy groups -OCH3 is 1. The van der Waals surface area contributed by atoms with Crippen LogP contribution in [0.5, 0.6) is 0 Å². The standard InChI is InChI=1S/C15H21NO3/c1-3-12-4-6-13(7-5-12)10-16-8-9-19-14(11-16)15(17)18-2/h4-7,14H,3,8-11H2,1-2H3. The van der Waals surface area contributed by atoms with Crippen molar-refractivity contribution in [2.24, 2.45) is 0 Å². The van der Waals surface area contributed by atoms with E-state index in [1.165, 1.54) is 18.2 Å². The number of hydrogen-bond acceptors (Lipinski definition) is 4. The summed E-state index contributed by atoms with van der Waals surface area (Å²) in [5.41, 5.74) is 2.61. The molecule has 1 atom stereocenters. The lowest BCUT2D eigenvalue weighted by Gasteiger charge is -2.31. The van der Waals surface area contributed by atoms with Gasteiger partial charge in [0.15, 0.2) is 6.10 Å². The van der Waals surface area contributed by atoms with Gasteiger partial charge < -0.3 is 9.47 Å². The molecular formula is C15H21NO3. The third-order valence-corrected chi connectivity index (χ3v) is 3.45. The van der Waals surface area contributed by atoms with Gasteiger partial charge in [0.25, 0.3) is 0 Å². The molecule has 0 spiro atoms. The third-order valence-electron chi connectivity index (χ3n) is 3.45. The lowest BCUT2D eigenvalue weighted by molar-refractivity contribution is -0.160. The van der Waals surface area contributed by atoms with Gasteiger partial charge in [0.2, 0.25) is 0 Å². The van der Waals surface area contributed by atoms with Crippen molar-refractivity contribution in [2.75, 3.05) is 26.8 Å². The first-order valence-electron chi connectivity index (χ1n) is 6.72. The van der Waals surface area contributed by atoms with Crippen LogP contribution in [0.1, 0.15) is 18.1 Å². The number of aryl methyl sites for hydroxylation is 1. The molecule has 0 aromatic heterocycles. The number of benzene rings is 1. The summed E-state index contributed by atoms with van der Waals surface area (Å²) in [6, 6.07) is 8.63. The summed E-state index contributed by atoms with van der Waals surface area (Å²) < 4.78 is 10.1. The van der Waals surface area contributed by atoms with Crippen LogP contribution in [-0.4, -0.2) is 43.8 Å². The second-order valence-corrected chi connectivity index (χ2v) is 4.79. The molecule has 0 saturated carbocycles. The average molecular weight is 263 g/mol. The maximum Gasteiger partial charge on any atom is 0.336 e. The van der Waals surface area contributed by atoms with Crippen LogP contribution in [0.2, 0.25) is 0 Å². The molecule has 4 heteroatoms. The molecule has 0 aliphatic carbocycles. The van der Waals surface area contributed by atoms with Crippen LogP contribution in [0.15, 0.2) is 24.3 Å². The molecule has 1 saturated heterocycles. The van der Waals surface area contributed by atoms with Crippen LogP contribution in [0.4, 0.5) is 0 Å². The average Bonchev–Trinajstić information content (AvgIpc) is 2.47. The number of rotatable bonds is 4. The maximum atomic E-state index is 11.5. The van der Waals surface area contributed by atoms with Gasteiger partial charge in [-0.2, -0.15) is 0 Å². The Kier molecular flexibility index (Phi) is 4.93. The van der Waals surface area contributed by atoms with Crippen LogP contribution in [-0.2, 0) is 27.2 Å². The number of hydrogen-bond donors (Lipinski definition) is 0. The van der Waals surface area contributed by atoms with E-state index in [4.69, 9.17) is 9.47 Å². The summed E-state index contributed by atoms with van der Waals surface area (Å²) in [5, 5.41) is 0. The number of nitrogens with zero attached hydrogens (tertiary/aromatic N) is 1. The van der Waals surface area contributed by atoms with E-state index in [1.807, 2.05) is 0 Å². The molecule has 1 fully saturated rings. The molecule has 1 unspecified atom stereocenters. The molecule has 0 amide bonds. The SMILES string of the molecule is CCc1ccc(CN2CCOC(C(=O)OC)C2)cc1. The minimum atomic E-state index is -0.450. The Labute approximate surface area is 114 Å². The van der Waals surface area contributed by atoms with E-state index in [0.29, 0.717) is 13.2 Å². The highest BCUT2D eigenvalue weighted by atomic mass is 16.6. The van der Waals surface area contributed by atoms with E-state index in [9.17, 15) is 4.79 Å². The Bertz CT molecular complexity index is 416. The minimum Gasteiger partial charge on any atom is -0.467 e. The van der Waals surface area contributed by atoms with Crippen molar-refractivity contribution >= 4 is 5.97 Å². The summed E-state index contributed by atoms with van der Waals surface area (Å²) in [6.07, 6.45) is 0.607. The van der Waals surface area contributed by atoms with Crippen LogP contribution >= 0.6 is 0 Å². The smallest absolute Gasteiger partial charge is 0.336 e. The van der Waals surface area contributed by atoms with Gasteiger partial charge in [-0.3, -0.25) is 4.90 Å². The molecule has 1 aliphatic heterocycles. The lowest BCUT2D eigenvalue weighted by atomic mass is 10.1. The van der Waals surface area contributed by atoms with Crippen LogP contribution in [0.25, 0.3) is 0 Å². The zero-order valence-electron chi connectivity index (χ0n) is 11.6. The molecule has 1 aromatic rings. The zero-order valence-corrected chi connectivity index (χ0v) is 11.6. The first kappa shape index (κ1) is 14.0. The second-order valence-electron chi connectivity index (χ2n) is 4.79. The van der Waals surface area contributed by atoms with Gasteiger partial charge >= 0.3 is 5.97 Å². The summed E-state index contributed by atoms with van der Waals surface area (Å²) in [5.74, 6) is -0.286. The van der Waals surface area contributed by atoms with Gasteiger partial charge in [-0.25, -0.2) is 4.79 Å². The normalized spacial score (nSPS) is 20.2. The second kappa shape index (κ2) is 6.68. The molecule has 0 bridgehead atoms. The Balaban J connectivity index is 1.92. The number of morpholine rings is 1. The third kappa shape index (κ3) is 3.78. The molecule has 2 rings (SSSR count). The topological polar surface area (TPSA) is 38.8 Å². The molecule has 19 heavy (non-hydrogen) atoms. The van der Waals surface area contributed by atoms with Crippen molar-refractivity contribution < 1.29 is 14.3 Å². The number of esters is 1. The number of carbonyl (C=O) groups excluding carboxylic acids is 1. The van der Waals surface area contributed by atoms with Gasteiger partial charge in [0.1, 0.15) is 0 Å². The lowest BCUT2D eigenvalue weighted by Crippen LogP contribution is -2.46. The van der Waals surface area contributed by atoms with E-state index >= 15 is 0 Å². The van der Waals surface area contributed by atoms with Gasteiger partial charge in [-0.1, -0.05) is 31.2 Å². The molecule has 1 aliphatic rings. The molecule has 1 aromatic carbocycles. The monoisotopic (exact) mass is 263 g/mol. The molecular weight excluding hydrogens is 242 g/mol. The van der Waals surface area contributed by atoms with Gasteiger partial charge in [-0.15, -0.1) is 0 Å². The fourth-order valence-electron chi connectivity index (χ4n) is 2.26. The van der Waals surface area contributed by atoms with E-state index in [0.717, 1.165) is 19.5 Å². The van der Waals surface area contributed by atoms with Crippen molar-refractivity contribution in [1.82, 2.24) is 4.90 Å². The molecule has 104 valence electrons. The summed E-state index contributed by atoms with van der Waals surface area (Å²) in [6.45, 7) is 5.02. The summed E-state index contributed by atoms with van der Waals surface area (Å²) >= 11 is 0. The van der Waals surface area contributed by atoms with E-state index in [-0.39, 0.29) is 5.97 Å². The van der Waals surface area contributed by atoms with Crippen LogP contribution in [0, 0.1) is 0 Å². The highest BCUT2D eigenvalue weighted by molar-refractivity contribution is 5.74. The van der Waals surface area contributed by atoms with Gasteiger partial charge in [0.05, 0.1) is 13.7 Å². The quantitative estimate of drug-likeness (QED) is 0.774. The minimum absolute atomic E-state index is 0.286. The largest absolute Gasteiger partial charge is 0.467 e. The number of carbonyl (C=O) groups is 1. The Morgan fingerprint density at radius 1 is 1.37 bits per heavy atom.